The van der Waals surface area contributed by atoms with Crippen LogP contribution in [0.4, 0.5) is 15.8 Å². The summed E-state index contributed by atoms with van der Waals surface area (Å²) in [5.41, 5.74) is 1.44. The fourth-order valence-corrected chi connectivity index (χ4v) is 4.78. The van der Waals surface area contributed by atoms with E-state index in [4.69, 9.17) is 0 Å². The number of carbonyl (C=O) groups is 2. The Morgan fingerprint density at radius 2 is 1.57 bits per heavy atom. The molecule has 0 saturated heterocycles. The summed E-state index contributed by atoms with van der Waals surface area (Å²) >= 11 is 0. The summed E-state index contributed by atoms with van der Waals surface area (Å²) in [6.45, 7) is 0.801. The van der Waals surface area contributed by atoms with Gasteiger partial charge in [-0.05, 0) is 60.9 Å². The van der Waals surface area contributed by atoms with Gasteiger partial charge >= 0.3 is 0 Å². The lowest BCUT2D eigenvalue weighted by Gasteiger charge is -2.26. The molecule has 2 aromatic carbocycles. The summed E-state index contributed by atoms with van der Waals surface area (Å²) in [5.74, 6) is -0.582. The highest BCUT2D eigenvalue weighted by molar-refractivity contribution is 7.92. The highest BCUT2D eigenvalue weighted by Crippen LogP contribution is 2.27. The summed E-state index contributed by atoms with van der Waals surface area (Å²) < 4.78 is 38.1. The Hall–Kier alpha value is -3.14. The predicted octanol–water partition coefficient (Wildman–Crippen LogP) is 3.49. The predicted molar refractivity (Wildman–Crippen MR) is 135 cm³/mol. The van der Waals surface area contributed by atoms with E-state index in [0.717, 1.165) is 37.6 Å². The van der Waals surface area contributed by atoms with Crippen LogP contribution in [0.1, 0.15) is 48.9 Å². The van der Waals surface area contributed by atoms with Crippen LogP contribution in [0, 0.1) is 11.7 Å². The highest BCUT2D eigenvalue weighted by Gasteiger charge is 2.26. The topological polar surface area (TPSA) is 116 Å². The van der Waals surface area contributed by atoms with E-state index in [-0.39, 0.29) is 11.7 Å². The summed E-state index contributed by atoms with van der Waals surface area (Å²) in [6.07, 6.45) is 7.15. The van der Waals surface area contributed by atoms with Crippen molar-refractivity contribution in [2.75, 3.05) is 29.4 Å². The van der Waals surface area contributed by atoms with Crippen molar-refractivity contribution in [2.24, 2.45) is 5.92 Å². The Bertz CT molecular complexity index is 1090. The molecule has 2 amide bonds. The SMILES string of the molecule is CS(=O)(=O)Nc1ccc(C(=O)N[C@@H](CC2CCCCC2)C(=O)NCCNc2ccc(F)cc2)cc1. The lowest BCUT2D eigenvalue weighted by molar-refractivity contribution is -0.123. The quantitative estimate of drug-likeness (QED) is 0.350. The van der Waals surface area contributed by atoms with Crippen molar-refractivity contribution in [3.63, 3.8) is 0 Å². The van der Waals surface area contributed by atoms with Crippen molar-refractivity contribution >= 4 is 33.2 Å². The van der Waals surface area contributed by atoms with Gasteiger partial charge in [-0.2, -0.15) is 0 Å². The minimum atomic E-state index is -3.41. The molecular formula is C25H33FN4O4S. The molecule has 0 aromatic heterocycles. The maximum atomic E-state index is 13.0. The third-order valence-corrected chi connectivity index (χ3v) is 6.57. The molecule has 0 heterocycles. The highest BCUT2D eigenvalue weighted by atomic mass is 32.2. The van der Waals surface area contributed by atoms with Crippen LogP contribution < -0.4 is 20.7 Å². The van der Waals surface area contributed by atoms with Gasteiger partial charge in [0.05, 0.1) is 6.26 Å². The molecule has 1 aliphatic carbocycles. The van der Waals surface area contributed by atoms with Gasteiger partial charge in [0, 0.05) is 30.0 Å². The van der Waals surface area contributed by atoms with Gasteiger partial charge in [0.15, 0.2) is 0 Å². The molecule has 1 saturated carbocycles. The third kappa shape index (κ3) is 9.20. The Morgan fingerprint density at radius 1 is 0.943 bits per heavy atom. The molecule has 10 heteroatoms. The molecule has 1 atom stereocenters. The van der Waals surface area contributed by atoms with Gasteiger partial charge in [-0.1, -0.05) is 32.1 Å². The van der Waals surface area contributed by atoms with E-state index < -0.39 is 22.0 Å². The van der Waals surface area contributed by atoms with Crippen LogP contribution >= 0.6 is 0 Å². The zero-order chi connectivity index (χ0) is 25.3. The van der Waals surface area contributed by atoms with Crippen LogP contribution in [-0.4, -0.2) is 45.6 Å². The molecule has 0 spiro atoms. The molecule has 1 fully saturated rings. The van der Waals surface area contributed by atoms with Crippen molar-refractivity contribution in [2.45, 2.75) is 44.6 Å². The number of anilines is 2. The fraction of sp³-hybridized carbons (Fsp3) is 0.440. The molecule has 3 rings (SSSR count). The number of nitrogens with one attached hydrogen (secondary N) is 4. The van der Waals surface area contributed by atoms with Crippen molar-refractivity contribution in [3.05, 3.63) is 59.9 Å². The Kier molecular flexibility index (Phi) is 9.47. The van der Waals surface area contributed by atoms with Gasteiger partial charge in [0.1, 0.15) is 11.9 Å². The van der Waals surface area contributed by atoms with Gasteiger partial charge in [0.2, 0.25) is 15.9 Å². The molecular weight excluding hydrogens is 471 g/mol. The average Bonchev–Trinajstić information content (AvgIpc) is 2.82. The largest absolute Gasteiger partial charge is 0.383 e. The second-order valence-corrected chi connectivity index (χ2v) is 10.7. The minimum Gasteiger partial charge on any atom is -0.383 e. The second-order valence-electron chi connectivity index (χ2n) is 8.94. The van der Waals surface area contributed by atoms with Crippen LogP contribution in [0.15, 0.2) is 48.5 Å². The first-order valence-electron chi connectivity index (χ1n) is 11.9. The van der Waals surface area contributed by atoms with Crippen LogP contribution in [0.25, 0.3) is 0 Å². The molecule has 35 heavy (non-hydrogen) atoms. The van der Waals surface area contributed by atoms with E-state index in [9.17, 15) is 22.4 Å². The van der Waals surface area contributed by atoms with E-state index in [1.54, 1.807) is 12.1 Å². The smallest absolute Gasteiger partial charge is 0.251 e. The van der Waals surface area contributed by atoms with E-state index in [1.807, 2.05) is 0 Å². The molecule has 190 valence electrons. The number of hydrogen-bond acceptors (Lipinski definition) is 5. The maximum absolute atomic E-state index is 13.0. The molecule has 2 aromatic rings. The minimum absolute atomic E-state index is 0.250. The van der Waals surface area contributed by atoms with Crippen LogP contribution in [0.3, 0.4) is 0 Å². The number of carbonyl (C=O) groups excluding carboxylic acids is 2. The van der Waals surface area contributed by atoms with Crippen LogP contribution in [0.5, 0.6) is 0 Å². The maximum Gasteiger partial charge on any atom is 0.251 e. The monoisotopic (exact) mass is 504 g/mol. The van der Waals surface area contributed by atoms with E-state index in [0.29, 0.717) is 36.7 Å². The molecule has 0 bridgehead atoms. The first-order valence-corrected chi connectivity index (χ1v) is 13.7. The fourth-order valence-electron chi connectivity index (χ4n) is 4.22. The van der Waals surface area contributed by atoms with Crippen molar-refractivity contribution < 1.29 is 22.4 Å². The normalized spacial score (nSPS) is 15.1. The zero-order valence-corrected chi connectivity index (χ0v) is 20.7. The second kappa shape index (κ2) is 12.5. The Labute approximate surface area is 206 Å². The molecule has 0 unspecified atom stereocenters. The zero-order valence-electron chi connectivity index (χ0n) is 19.8. The number of amides is 2. The van der Waals surface area contributed by atoms with Crippen LogP contribution in [0.2, 0.25) is 0 Å². The molecule has 1 aliphatic rings. The van der Waals surface area contributed by atoms with E-state index in [1.165, 1.54) is 42.8 Å². The number of benzene rings is 2. The lowest BCUT2D eigenvalue weighted by atomic mass is 9.84. The van der Waals surface area contributed by atoms with Crippen LogP contribution in [-0.2, 0) is 14.8 Å². The summed E-state index contributed by atoms with van der Waals surface area (Å²) in [6, 6.07) is 11.3. The number of rotatable bonds is 11. The lowest BCUT2D eigenvalue weighted by Crippen LogP contribution is -2.48. The van der Waals surface area contributed by atoms with E-state index in [2.05, 4.69) is 20.7 Å². The van der Waals surface area contributed by atoms with Gasteiger partial charge in [-0.3, -0.25) is 14.3 Å². The Morgan fingerprint density at radius 3 is 2.20 bits per heavy atom. The standard InChI is InChI=1S/C25H33FN4O4S/c1-35(33,34)30-22-11-7-19(8-12-22)24(31)29-23(17-18-5-3-2-4-6-18)25(32)28-16-15-27-21-13-9-20(26)10-14-21/h7-14,18,23,27,30H,2-6,15-17H2,1H3,(H,28,32)(H,29,31)/t23-/m0/s1. The van der Waals surface area contributed by atoms with Crippen molar-refractivity contribution in [3.8, 4) is 0 Å². The Balaban J connectivity index is 1.58. The van der Waals surface area contributed by atoms with Gasteiger partial charge < -0.3 is 16.0 Å². The number of halogens is 1. The third-order valence-electron chi connectivity index (χ3n) is 5.96. The summed E-state index contributed by atoms with van der Waals surface area (Å²) in [7, 11) is -3.41. The number of hydrogen-bond donors (Lipinski definition) is 4. The first-order chi connectivity index (χ1) is 16.7. The van der Waals surface area contributed by atoms with Gasteiger partial charge in [-0.25, -0.2) is 12.8 Å². The molecule has 0 aliphatic heterocycles. The summed E-state index contributed by atoms with van der Waals surface area (Å²) in [4.78, 5) is 25.8. The number of sulfonamides is 1. The molecule has 8 nitrogen and oxygen atoms in total. The van der Waals surface area contributed by atoms with Gasteiger partial charge in [0.25, 0.3) is 5.91 Å². The van der Waals surface area contributed by atoms with Gasteiger partial charge in [-0.15, -0.1) is 0 Å². The molecule has 0 radical (unpaired) electrons. The molecule has 4 N–H and O–H groups in total. The first kappa shape index (κ1) is 26.5. The van der Waals surface area contributed by atoms with Crippen molar-refractivity contribution in [1.29, 1.82) is 0 Å². The van der Waals surface area contributed by atoms with E-state index >= 15 is 0 Å². The van der Waals surface area contributed by atoms with Crippen molar-refractivity contribution in [1.82, 2.24) is 10.6 Å². The average molecular weight is 505 g/mol. The summed E-state index contributed by atoms with van der Waals surface area (Å²) in [5, 5.41) is 8.86.